The van der Waals surface area contributed by atoms with Crippen molar-refractivity contribution in [3.8, 4) is 6.01 Å². The van der Waals surface area contributed by atoms with E-state index < -0.39 is 6.09 Å². The lowest BCUT2D eigenvalue weighted by molar-refractivity contribution is 0.0982. The number of hydrogen-bond donors (Lipinski definition) is 2. The Hall–Kier alpha value is -2.06. The predicted octanol–water partition coefficient (Wildman–Crippen LogP) is 2.04. The van der Waals surface area contributed by atoms with Gasteiger partial charge in [0.25, 0.3) is 6.01 Å². The number of piperazine rings is 1. The zero-order chi connectivity index (χ0) is 17.3. The quantitative estimate of drug-likeness (QED) is 0.873. The lowest BCUT2D eigenvalue weighted by Gasteiger charge is -2.35. The third kappa shape index (κ3) is 3.25. The summed E-state index contributed by atoms with van der Waals surface area (Å²) < 4.78 is 1.76. The van der Waals surface area contributed by atoms with Crippen molar-refractivity contribution in [2.45, 2.75) is 19.4 Å². The van der Waals surface area contributed by atoms with Crippen molar-refractivity contribution >= 4 is 28.9 Å². The summed E-state index contributed by atoms with van der Waals surface area (Å²) in [6.45, 7) is 5.09. The molecule has 0 saturated carbocycles. The van der Waals surface area contributed by atoms with Crippen molar-refractivity contribution in [1.82, 2.24) is 24.3 Å². The Morgan fingerprint density at radius 2 is 2.08 bits per heavy atom. The maximum atomic E-state index is 11.0. The van der Waals surface area contributed by atoms with Gasteiger partial charge in [0.05, 0.1) is 16.6 Å². The summed E-state index contributed by atoms with van der Waals surface area (Å²) in [5.74, 6) is 0. The third-order valence-corrected chi connectivity index (χ3v) is 4.65. The Balaban J connectivity index is 1.79. The Bertz CT molecular complexity index is 742. The molecular weight excluding hydrogens is 334 g/mol. The van der Waals surface area contributed by atoms with Crippen LogP contribution in [0.1, 0.15) is 19.4 Å². The summed E-state index contributed by atoms with van der Waals surface area (Å²) in [5.41, 5.74) is 1.17. The fourth-order valence-corrected chi connectivity index (χ4v) is 3.27. The number of nitrogens with zero attached hydrogens (tertiary/aromatic N) is 5. The highest BCUT2D eigenvalue weighted by atomic mass is 35.5. The van der Waals surface area contributed by atoms with Crippen molar-refractivity contribution in [3.05, 3.63) is 17.3 Å². The van der Waals surface area contributed by atoms with E-state index in [4.69, 9.17) is 16.7 Å². The van der Waals surface area contributed by atoms with Crippen LogP contribution < -0.4 is 0 Å². The van der Waals surface area contributed by atoms with Crippen molar-refractivity contribution in [2.24, 2.45) is 0 Å². The van der Waals surface area contributed by atoms with E-state index in [2.05, 4.69) is 14.9 Å². The Kier molecular flexibility index (Phi) is 4.77. The van der Waals surface area contributed by atoms with Gasteiger partial charge in [-0.3, -0.25) is 9.47 Å². The molecule has 2 aromatic rings. The minimum absolute atomic E-state index is 0.00615. The smallest absolute Gasteiger partial charge is 0.407 e. The molecule has 1 amide bonds. The molecule has 130 valence electrons. The van der Waals surface area contributed by atoms with Gasteiger partial charge in [-0.2, -0.15) is 4.98 Å². The molecule has 0 aliphatic carbocycles. The van der Waals surface area contributed by atoms with Crippen LogP contribution in [-0.2, 0) is 0 Å². The van der Waals surface area contributed by atoms with E-state index >= 15 is 0 Å². The topological polar surface area (TPSA) is 94.7 Å². The first-order valence-electron chi connectivity index (χ1n) is 7.92. The molecule has 24 heavy (non-hydrogen) atoms. The van der Waals surface area contributed by atoms with Crippen LogP contribution in [-0.4, -0.2) is 73.4 Å². The van der Waals surface area contributed by atoms with Gasteiger partial charge in [-0.1, -0.05) is 18.5 Å². The average molecular weight is 354 g/mol. The molecule has 1 atom stereocenters. The number of hydrogen-bond acceptors (Lipinski definition) is 5. The first-order chi connectivity index (χ1) is 11.5. The molecule has 2 N–H and O–H groups in total. The number of aromatic hydroxyl groups is 1. The van der Waals surface area contributed by atoms with Crippen molar-refractivity contribution in [3.63, 3.8) is 0 Å². The zero-order valence-electron chi connectivity index (χ0n) is 13.4. The number of pyridine rings is 1. The maximum absolute atomic E-state index is 11.0. The third-order valence-electron chi connectivity index (χ3n) is 4.44. The zero-order valence-corrected chi connectivity index (χ0v) is 14.1. The largest absolute Gasteiger partial charge is 0.480 e. The van der Waals surface area contributed by atoms with E-state index in [1.165, 1.54) is 11.1 Å². The molecule has 0 unspecified atom stereocenters. The van der Waals surface area contributed by atoms with E-state index in [0.717, 1.165) is 6.42 Å². The molecule has 0 bridgehead atoms. The van der Waals surface area contributed by atoms with Gasteiger partial charge in [-0.25, -0.2) is 9.78 Å². The van der Waals surface area contributed by atoms with Gasteiger partial charge in [0.2, 0.25) is 0 Å². The minimum Gasteiger partial charge on any atom is -0.480 e. The molecular formula is C15H20ClN5O3. The molecule has 1 aliphatic heterocycles. The van der Waals surface area contributed by atoms with Crippen LogP contribution in [0.4, 0.5) is 4.79 Å². The second-order valence-corrected chi connectivity index (χ2v) is 6.35. The van der Waals surface area contributed by atoms with Crippen LogP contribution in [0.3, 0.4) is 0 Å². The predicted molar refractivity (Wildman–Crippen MR) is 89.6 cm³/mol. The molecule has 0 spiro atoms. The summed E-state index contributed by atoms with van der Waals surface area (Å²) in [4.78, 5) is 22.9. The number of rotatable bonds is 4. The number of fused-ring (bicyclic) bond motifs is 1. The molecule has 1 saturated heterocycles. The summed E-state index contributed by atoms with van der Waals surface area (Å²) in [7, 11) is 0. The van der Waals surface area contributed by atoms with Gasteiger partial charge in [0, 0.05) is 38.9 Å². The Morgan fingerprint density at radius 1 is 1.38 bits per heavy atom. The Morgan fingerprint density at radius 3 is 2.71 bits per heavy atom. The van der Waals surface area contributed by atoms with Crippen molar-refractivity contribution in [1.29, 1.82) is 0 Å². The normalized spacial score (nSPS) is 17.3. The van der Waals surface area contributed by atoms with Gasteiger partial charge < -0.3 is 15.1 Å². The van der Waals surface area contributed by atoms with Crippen LogP contribution in [0.2, 0.25) is 5.02 Å². The summed E-state index contributed by atoms with van der Waals surface area (Å²) in [6.07, 6.45) is 1.43. The number of carboxylic acid groups (broad SMARTS) is 1. The highest BCUT2D eigenvalue weighted by Gasteiger charge is 2.25. The maximum Gasteiger partial charge on any atom is 0.407 e. The SMILES string of the molecule is CC[C@@H](CN1CCN(C(=O)O)CC1)n1c(O)nc2ncc(Cl)cc21. The molecule has 9 heteroatoms. The number of halogens is 1. The molecule has 2 aromatic heterocycles. The first-order valence-corrected chi connectivity index (χ1v) is 8.30. The molecule has 1 fully saturated rings. The van der Waals surface area contributed by atoms with Crippen LogP contribution in [0.5, 0.6) is 6.01 Å². The molecule has 3 heterocycles. The van der Waals surface area contributed by atoms with Crippen LogP contribution >= 0.6 is 11.6 Å². The molecule has 0 aromatic carbocycles. The second-order valence-electron chi connectivity index (χ2n) is 5.91. The van der Waals surface area contributed by atoms with Crippen molar-refractivity contribution < 1.29 is 15.0 Å². The summed E-state index contributed by atoms with van der Waals surface area (Å²) in [6, 6.07) is 1.68. The average Bonchev–Trinajstić information content (AvgIpc) is 2.88. The van der Waals surface area contributed by atoms with Crippen molar-refractivity contribution in [2.75, 3.05) is 32.7 Å². The van der Waals surface area contributed by atoms with E-state index in [1.54, 1.807) is 10.6 Å². The van der Waals surface area contributed by atoms with Crippen LogP contribution in [0.15, 0.2) is 12.3 Å². The molecule has 0 radical (unpaired) electrons. The molecule has 3 rings (SSSR count). The highest BCUT2D eigenvalue weighted by molar-refractivity contribution is 6.31. The Labute approximate surface area is 144 Å². The number of aromatic nitrogens is 3. The summed E-state index contributed by atoms with van der Waals surface area (Å²) in [5, 5.41) is 19.8. The van der Waals surface area contributed by atoms with E-state index in [-0.39, 0.29) is 12.1 Å². The molecule has 1 aliphatic rings. The highest BCUT2D eigenvalue weighted by Crippen LogP contribution is 2.28. The lowest BCUT2D eigenvalue weighted by Crippen LogP contribution is -2.49. The van der Waals surface area contributed by atoms with Gasteiger partial charge in [-0.05, 0) is 12.5 Å². The standard InChI is InChI=1S/C15H20ClN5O3/c1-2-11(9-19-3-5-20(6-4-19)15(23)24)21-12-7-10(16)8-17-13(12)18-14(21)22/h7-8,11H,2-6,9H2,1H3,(H,23,24)(H,17,18,22)/t11-/m0/s1. The van der Waals surface area contributed by atoms with Gasteiger partial charge in [0.1, 0.15) is 0 Å². The fraction of sp³-hybridized carbons (Fsp3) is 0.533. The first kappa shape index (κ1) is 16.8. The van der Waals surface area contributed by atoms with Gasteiger partial charge in [0.15, 0.2) is 5.65 Å². The van der Waals surface area contributed by atoms with Crippen LogP contribution in [0, 0.1) is 0 Å². The molecule has 8 nitrogen and oxygen atoms in total. The van der Waals surface area contributed by atoms with E-state index in [9.17, 15) is 9.90 Å². The van der Waals surface area contributed by atoms with Crippen LogP contribution in [0.25, 0.3) is 11.2 Å². The monoisotopic (exact) mass is 353 g/mol. The van der Waals surface area contributed by atoms with Gasteiger partial charge >= 0.3 is 6.09 Å². The van der Waals surface area contributed by atoms with E-state index in [0.29, 0.717) is 48.9 Å². The second kappa shape index (κ2) is 6.82. The number of carbonyl (C=O) groups is 1. The lowest BCUT2D eigenvalue weighted by atomic mass is 10.2. The fourth-order valence-electron chi connectivity index (χ4n) is 3.11. The number of amides is 1. The van der Waals surface area contributed by atoms with Gasteiger partial charge in [-0.15, -0.1) is 0 Å². The number of imidazole rings is 1. The van der Waals surface area contributed by atoms with E-state index in [1.807, 2.05) is 6.92 Å². The summed E-state index contributed by atoms with van der Waals surface area (Å²) >= 11 is 6.03. The minimum atomic E-state index is -0.874.